The molecule has 0 bridgehead atoms. The molecule has 0 amide bonds. The summed E-state index contributed by atoms with van der Waals surface area (Å²) in [4.78, 5) is 4.59. The van der Waals surface area contributed by atoms with Crippen molar-refractivity contribution in [3.63, 3.8) is 0 Å². The first kappa shape index (κ1) is 16.2. The lowest BCUT2D eigenvalue weighted by molar-refractivity contribution is 0.282. The molecule has 1 fully saturated rings. The molecule has 1 aromatic carbocycles. The van der Waals surface area contributed by atoms with Crippen LogP contribution in [0, 0.1) is 11.2 Å². The largest absolute Gasteiger partial charge is 0.255 e. The number of aromatic nitrogens is 1. The quantitative estimate of drug-likeness (QED) is 0.826. The van der Waals surface area contributed by atoms with E-state index in [1.54, 1.807) is 24.3 Å². The maximum Gasteiger partial charge on any atom is 0.177 e. The molecule has 0 radical (unpaired) electrons. The summed E-state index contributed by atoms with van der Waals surface area (Å²) in [5, 5.41) is 0. The van der Waals surface area contributed by atoms with Crippen LogP contribution < -0.4 is 0 Å². The van der Waals surface area contributed by atoms with Crippen molar-refractivity contribution in [2.24, 2.45) is 5.41 Å². The Morgan fingerprint density at radius 1 is 1.00 bits per heavy atom. The van der Waals surface area contributed by atoms with E-state index in [1.807, 2.05) is 0 Å². The molecule has 1 heterocycles. The highest BCUT2D eigenvalue weighted by molar-refractivity contribution is 7.90. The lowest BCUT2D eigenvalue weighted by atomic mass is 9.70. The Labute approximate surface area is 146 Å². The number of hydrogen-bond donors (Lipinski definition) is 0. The molecule has 2 aromatic rings. The smallest absolute Gasteiger partial charge is 0.177 e. The maximum atomic E-state index is 13.3. The number of halogens is 1. The van der Waals surface area contributed by atoms with Crippen LogP contribution in [0.4, 0.5) is 4.39 Å². The van der Waals surface area contributed by atoms with Crippen LogP contribution in [0.15, 0.2) is 59.6 Å². The predicted molar refractivity (Wildman–Crippen MR) is 96.0 cm³/mol. The summed E-state index contributed by atoms with van der Waals surface area (Å²) in [6.07, 6.45) is 10.5. The molecule has 5 heteroatoms. The number of sulfone groups is 1. The van der Waals surface area contributed by atoms with Crippen molar-refractivity contribution in [2.75, 3.05) is 6.26 Å². The monoisotopic (exact) mass is 355 g/mol. The SMILES string of the molecule is CS(=O)(=O)c1ccc(C2=CC3(C=C2c2ccc(F)cc2)CCC3)nc1. The van der Waals surface area contributed by atoms with E-state index in [4.69, 9.17) is 0 Å². The first-order chi connectivity index (χ1) is 11.9. The number of hydrogen-bond acceptors (Lipinski definition) is 3. The van der Waals surface area contributed by atoms with Crippen LogP contribution in [0.5, 0.6) is 0 Å². The summed E-state index contributed by atoms with van der Waals surface area (Å²) >= 11 is 0. The first-order valence-corrected chi connectivity index (χ1v) is 10.1. The van der Waals surface area contributed by atoms with Gasteiger partial charge in [0.05, 0.1) is 10.6 Å². The van der Waals surface area contributed by atoms with Crippen molar-refractivity contribution < 1.29 is 12.8 Å². The van der Waals surface area contributed by atoms with Crippen molar-refractivity contribution in [2.45, 2.75) is 24.2 Å². The molecule has 0 saturated heterocycles. The van der Waals surface area contributed by atoms with Gasteiger partial charge in [0.1, 0.15) is 5.82 Å². The Morgan fingerprint density at radius 3 is 2.20 bits per heavy atom. The fourth-order valence-electron chi connectivity index (χ4n) is 3.48. The van der Waals surface area contributed by atoms with Crippen LogP contribution in [-0.2, 0) is 9.84 Å². The molecule has 0 atom stereocenters. The highest BCUT2D eigenvalue weighted by Gasteiger charge is 2.38. The normalized spacial score (nSPS) is 18.6. The van der Waals surface area contributed by atoms with E-state index >= 15 is 0 Å². The fraction of sp³-hybridized carbons (Fsp3) is 0.250. The molecule has 1 spiro atoms. The minimum Gasteiger partial charge on any atom is -0.255 e. The molecule has 0 aliphatic heterocycles. The lowest BCUT2D eigenvalue weighted by Crippen LogP contribution is -2.22. The van der Waals surface area contributed by atoms with Gasteiger partial charge in [-0.15, -0.1) is 0 Å². The third-order valence-corrected chi connectivity index (χ3v) is 6.13. The molecule has 2 aliphatic carbocycles. The zero-order valence-electron chi connectivity index (χ0n) is 13.9. The van der Waals surface area contributed by atoms with Gasteiger partial charge in [0.15, 0.2) is 9.84 Å². The molecule has 3 nitrogen and oxygen atoms in total. The molecule has 2 aliphatic rings. The first-order valence-electron chi connectivity index (χ1n) is 8.25. The molecular formula is C20H18FNO2S. The van der Waals surface area contributed by atoms with Gasteiger partial charge >= 0.3 is 0 Å². The molecule has 1 saturated carbocycles. The van der Waals surface area contributed by atoms with Crippen LogP contribution >= 0.6 is 0 Å². The molecule has 1 aromatic heterocycles. The van der Waals surface area contributed by atoms with Gasteiger partial charge in [0, 0.05) is 23.4 Å². The van der Waals surface area contributed by atoms with Crippen molar-refractivity contribution in [1.82, 2.24) is 4.98 Å². The molecular weight excluding hydrogens is 337 g/mol. The summed E-state index contributed by atoms with van der Waals surface area (Å²) in [6, 6.07) is 9.80. The number of benzene rings is 1. The van der Waals surface area contributed by atoms with Crippen LogP contribution in [0.2, 0.25) is 0 Å². The second-order valence-electron chi connectivity index (χ2n) is 6.86. The minimum atomic E-state index is -3.27. The number of allylic oxidation sites excluding steroid dienone is 4. The third-order valence-electron chi connectivity index (χ3n) is 5.03. The van der Waals surface area contributed by atoms with Crippen molar-refractivity contribution in [3.8, 4) is 0 Å². The summed E-state index contributed by atoms with van der Waals surface area (Å²) in [5.41, 5.74) is 3.79. The standard InChI is InChI=1S/C20H18FNO2S/c1-25(23,24)16-7-8-19(22-13-16)18-12-20(9-2-10-20)11-17(18)14-3-5-15(21)6-4-14/h3-8,11-13H,2,9-10H2,1H3. The Bertz CT molecular complexity index is 983. The van der Waals surface area contributed by atoms with Gasteiger partial charge in [0.2, 0.25) is 0 Å². The average molecular weight is 355 g/mol. The Hall–Kier alpha value is -2.27. The maximum absolute atomic E-state index is 13.3. The summed E-state index contributed by atoms with van der Waals surface area (Å²) < 4.78 is 36.6. The van der Waals surface area contributed by atoms with Crippen molar-refractivity contribution >= 4 is 21.0 Å². The van der Waals surface area contributed by atoms with E-state index in [1.165, 1.54) is 31.0 Å². The molecule has 0 N–H and O–H groups in total. The van der Waals surface area contributed by atoms with Gasteiger partial charge in [-0.3, -0.25) is 4.98 Å². The summed E-state index contributed by atoms with van der Waals surface area (Å²) in [5.74, 6) is -0.262. The van der Waals surface area contributed by atoms with Crippen LogP contribution in [-0.4, -0.2) is 19.7 Å². The topological polar surface area (TPSA) is 47.0 Å². The number of nitrogens with zero attached hydrogens (tertiary/aromatic N) is 1. The molecule has 0 unspecified atom stereocenters. The number of pyridine rings is 1. The van der Waals surface area contributed by atoms with E-state index in [0.29, 0.717) is 0 Å². The number of rotatable bonds is 3. The molecule has 128 valence electrons. The average Bonchev–Trinajstić information content (AvgIpc) is 2.96. The van der Waals surface area contributed by atoms with Crippen molar-refractivity contribution in [3.05, 3.63) is 71.8 Å². The van der Waals surface area contributed by atoms with Gasteiger partial charge in [-0.25, -0.2) is 12.8 Å². The molecule has 25 heavy (non-hydrogen) atoms. The highest BCUT2D eigenvalue weighted by atomic mass is 32.2. The van der Waals surface area contributed by atoms with Gasteiger partial charge < -0.3 is 0 Å². The van der Waals surface area contributed by atoms with Crippen LogP contribution in [0.1, 0.15) is 30.5 Å². The van der Waals surface area contributed by atoms with Gasteiger partial charge in [-0.05, 0) is 48.2 Å². The van der Waals surface area contributed by atoms with E-state index in [9.17, 15) is 12.8 Å². The lowest BCUT2D eigenvalue weighted by Gasteiger charge is -2.34. The molecule has 4 rings (SSSR count). The summed E-state index contributed by atoms with van der Waals surface area (Å²) in [6.45, 7) is 0. The van der Waals surface area contributed by atoms with Crippen LogP contribution in [0.3, 0.4) is 0 Å². The van der Waals surface area contributed by atoms with Gasteiger partial charge in [0.25, 0.3) is 0 Å². The van der Waals surface area contributed by atoms with E-state index in [0.717, 1.165) is 35.2 Å². The van der Waals surface area contributed by atoms with Crippen molar-refractivity contribution in [1.29, 1.82) is 0 Å². The van der Waals surface area contributed by atoms with E-state index < -0.39 is 9.84 Å². The second-order valence-corrected chi connectivity index (χ2v) is 8.88. The van der Waals surface area contributed by atoms with E-state index in [-0.39, 0.29) is 16.1 Å². The highest BCUT2D eigenvalue weighted by Crippen LogP contribution is 2.53. The minimum absolute atomic E-state index is 0.0657. The zero-order chi connectivity index (χ0) is 17.7. The predicted octanol–water partition coefficient (Wildman–Crippen LogP) is 4.28. The van der Waals surface area contributed by atoms with Gasteiger partial charge in [-0.1, -0.05) is 30.7 Å². The zero-order valence-corrected chi connectivity index (χ0v) is 14.7. The summed E-state index contributed by atoms with van der Waals surface area (Å²) in [7, 11) is -3.27. The van der Waals surface area contributed by atoms with E-state index in [2.05, 4.69) is 17.1 Å². The third kappa shape index (κ3) is 2.93. The van der Waals surface area contributed by atoms with Crippen LogP contribution in [0.25, 0.3) is 11.1 Å². The second kappa shape index (κ2) is 5.63. The Kier molecular flexibility index (Phi) is 3.65. The Balaban J connectivity index is 1.77. The fourth-order valence-corrected chi connectivity index (χ4v) is 4.04. The van der Waals surface area contributed by atoms with Gasteiger partial charge in [-0.2, -0.15) is 0 Å². The Morgan fingerprint density at radius 2 is 1.68 bits per heavy atom.